The maximum Gasteiger partial charge on any atom is 0.251 e. The fraction of sp³-hybridized carbons (Fsp3) is 0.333. The molecule has 0 aromatic heterocycles. The lowest BCUT2D eigenvalue weighted by Crippen LogP contribution is -2.41. The Kier molecular flexibility index (Phi) is 6.49. The Bertz CT molecular complexity index is 1320. The van der Waals surface area contributed by atoms with Gasteiger partial charge in [0.2, 0.25) is 5.91 Å². The minimum Gasteiger partial charge on any atom is -0.379 e. The number of benzene rings is 3. The number of para-hydroxylation sites is 1. The Labute approximate surface area is 222 Å². The Morgan fingerprint density at radius 3 is 2.62 bits per heavy atom. The topological polar surface area (TPSA) is 61.9 Å². The number of rotatable bonds is 7. The molecule has 2 aliphatic heterocycles. The molecule has 2 fully saturated rings. The van der Waals surface area contributed by atoms with E-state index in [1.807, 2.05) is 71.6 Å². The number of morpholine rings is 1. The van der Waals surface area contributed by atoms with Gasteiger partial charge in [-0.2, -0.15) is 0 Å². The molecular weight excluding hydrogens is 486 g/mol. The van der Waals surface area contributed by atoms with Gasteiger partial charge in [0, 0.05) is 48.4 Å². The van der Waals surface area contributed by atoms with Gasteiger partial charge in [0.25, 0.3) is 5.91 Å². The van der Waals surface area contributed by atoms with Crippen LogP contribution in [0.15, 0.2) is 72.8 Å². The number of nitrogens with zero attached hydrogens (tertiary/aromatic N) is 2. The molecule has 6 rings (SSSR count). The zero-order valence-electron chi connectivity index (χ0n) is 20.7. The molecular formula is C30H30ClN3O3. The maximum atomic E-state index is 13.9. The molecule has 1 aliphatic carbocycles. The van der Waals surface area contributed by atoms with Crippen molar-refractivity contribution in [2.24, 2.45) is 0 Å². The largest absolute Gasteiger partial charge is 0.379 e. The van der Waals surface area contributed by atoms with Crippen LogP contribution in [0.2, 0.25) is 5.02 Å². The molecule has 37 heavy (non-hydrogen) atoms. The highest BCUT2D eigenvalue weighted by Crippen LogP contribution is 2.66. The first-order valence-corrected chi connectivity index (χ1v) is 13.3. The fourth-order valence-corrected chi connectivity index (χ4v) is 5.98. The monoisotopic (exact) mass is 515 g/mol. The number of halogens is 1. The molecule has 3 aromatic rings. The summed E-state index contributed by atoms with van der Waals surface area (Å²) in [6, 6.07) is 23.5. The van der Waals surface area contributed by atoms with Crippen LogP contribution in [0.3, 0.4) is 0 Å². The third-order valence-electron chi connectivity index (χ3n) is 7.88. The van der Waals surface area contributed by atoms with Gasteiger partial charge in [-0.3, -0.25) is 14.5 Å². The van der Waals surface area contributed by atoms with E-state index in [0.29, 0.717) is 23.7 Å². The van der Waals surface area contributed by atoms with Crippen molar-refractivity contribution in [2.45, 2.75) is 24.3 Å². The minimum atomic E-state index is -0.515. The molecule has 1 N–H and O–H groups in total. The summed E-state index contributed by atoms with van der Waals surface area (Å²) in [6.45, 7) is 5.13. The normalized spacial score (nSPS) is 22.8. The average Bonchev–Trinajstić information content (AvgIpc) is 3.64. The van der Waals surface area contributed by atoms with Crippen molar-refractivity contribution in [2.75, 3.05) is 44.3 Å². The zero-order chi connectivity index (χ0) is 25.4. The van der Waals surface area contributed by atoms with Gasteiger partial charge >= 0.3 is 0 Å². The third-order valence-corrected chi connectivity index (χ3v) is 8.13. The van der Waals surface area contributed by atoms with Crippen molar-refractivity contribution in [3.05, 3.63) is 100 Å². The van der Waals surface area contributed by atoms with Gasteiger partial charge in [-0.15, -0.1) is 0 Å². The number of carbonyl (C=O) groups excluding carboxylic acids is 2. The van der Waals surface area contributed by atoms with Gasteiger partial charge < -0.3 is 15.0 Å². The van der Waals surface area contributed by atoms with Crippen LogP contribution in [-0.4, -0.2) is 56.1 Å². The van der Waals surface area contributed by atoms with Crippen LogP contribution in [0.5, 0.6) is 0 Å². The molecule has 2 heterocycles. The second kappa shape index (κ2) is 9.93. The van der Waals surface area contributed by atoms with Crippen molar-refractivity contribution in [1.29, 1.82) is 0 Å². The molecule has 1 saturated heterocycles. The van der Waals surface area contributed by atoms with Crippen LogP contribution >= 0.6 is 11.6 Å². The lowest BCUT2D eigenvalue weighted by molar-refractivity contribution is -0.120. The summed E-state index contributed by atoms with van der Waals surface area (Å²) in [7, 11) is 0. The minimum absolute atomic E-state index is 0.0928. The highest BCUT2D eigenvalue weighted by Gasteiger charge is 2.67. The number of nitrogens with one attached hydrogen (secondary N) is 1. The van der Waals surface area contributed by atoms with Crippen molar-refractivity contribution in [1.82, 2.24) is 10.2 Å². The highest BCUT2D eigenvalue weighted by molar-refractivity contribution is 6.30. The number of carbonyl (C=O) groups is 2. The molecule has 2 amide bonds. The van der Waals surface area contributed by atoms with Crippen LogP contribution in [0, 0.1) is 0 Å². The Balaban J connectivity index is 1.17. The summed E-state index contributed by atoms with van der Waals surface area (Å²) >= 11 is 6.10. The maximum absolute atomic E-state index is 13.9. The second-order valence-electron chi connectivity index (χ2n) is 10.1. The van der Waals surface area contributed by atoms with E-state index >= 15 is 0 Å². The molecule has 3 aliphatic rings. The van der Waals surface area contributed by atoms with Gasteiger partial charge in [-0.1, -0.05) is 54.1 Å². The number of ether oxygens (including phenoxy) is 1. The average molecular weight is 516 g/mol. The summed E-state index contributed by atoms with van der Waals surface area (Å²) < 4.78 is 5.38. The second-order valence-corrected chi connectivity index (χ2v) is 10.5. The van der Waals surface area contributed by atoms with Crippen molar-refractivity contribution >= 4 is 29.1 Å². The van der Waals surface area contributed by atoms with E-state index in [1.54, 1.807) is 0 Å². The van der Waals surface area contributed by atoms with Gasteiger partial charge in [0.05, 0.1) is 25.2 Å². The predicted octanol–water partition coefficient (Wildman–Crippen LogP) is 4.37. The first-order chi connectivity index (χ1) is 18.1. The Morgan fingerprint density at radius 1 is 1.03 bits per heavy atom. The van der Waals surface area contributed by atoms with Gasteiger partial charge in [0.15, 0.2) is 0 Å². The molecule has 7 heteroatoms. The van der Waals surface area contributed by atoms with Crippen molar-refractivity contribution in [3.8, 4) is 0 Å². The summed E-state index contributed by atoms with van der Waals surface area (Å²) in [4.78, 5) is 30.9. The number of fused-ring (bicyclic) bond motifs is 2. The number of anilines is 1. The zero-order valence-corrected chi connectivity index (χ0v) is 21.4. The molecule has 3 aromatic carbocycles. The standard InChI is InChI=1S/C30H30ClN3O3/c31-24-10-8-22(9-11-24)26-19-30(26)25-6-1-2-7-27(25)34(29(30)36)20-21-4-3-5-23(18-21)28(35)32-12-13-33-14-16-37-17-15-33/h1-11,18,26H,12-17,19-20H2,(H,32,35)/t26?,30-/m1/s1. The summed E-state index contributed by atoms with van der Waals surface area (Å²) in [5.74, 6) is 0.186. The smallest absolute Gasteiger partial charge is 0.251 e. The first-order valence-electron chi connectivity index (χ1n) is 12.9. The predicted molar refractivity (Wildman–Crippen MR) is 144 cm³/mol. The van der Waals surface area contributed by atoms with Crippen LogP contribution in [0.25, 0.3) is 0 Å². The SMILES string of the molecule is O=C(NCCN1CCOCC1)c1cccc(CN2C(=O)[C@]3(CC3c3ccc(Cl)cc3)c3ccccc32)c1. The molecule has 1 saturated carbocycles. The molecule has 190 valence electrons. The summed E-state index contributed by atoms with van der Waals surface area (Å²) in [5, 5.41) is 3.73. The van der Waals surface area contributed by atoms with E-state index in [1.165, 1.54) is 0 Å². The summed E-state index contributed by atoms with van der Waals surface area (Å²) in [5.41, 5.74) is 4.23. The lowest BCUT2D eigenvalue weighted by Gasteiger charge is -2.26. The van der Waals surface area contributed by atoms with Gasteiger partial charge in [-0.25, -0.2) is 0 Å². The quantitative estimate of drug-likeness (QED) is 0.507. The van der Waals surface area contributed by atoms with E-state index < -0.39 is 5.41 Å². The Hall–Kier alpha value is -3.19. The van der Waals surface area contributed by atoms with E-state index in [9.17, 15) is 9.59 Å². The van der Waals surface area contributed by atoms with E-state index in [-0.39, 0.29) is 17.7 Å². The molecule has 0 bridgehead atoms. The van der Waals surface area contributed by atoms with Crippen LogP contribution in [0.4, 0.5) is 5.69 Å². The Morgan fingerprint density at radius 2 is 1.81 bits per heavy atom. The molecule has 0 radical (unpaired) electrons. The fourth-order valence-electron chi connectivity index (χ4n) is 5.85. The number of hydrogen-bond acceptors (Lipinski definition) is 4. The van der Waals surface area contributed by atoms with E-state index in [2.05, 4.69) is 16.3 Å². The van der Waals surface area contributed by atoms with Crippen molar-refractivity contribution in [3.63, 3.8) is 0 Å². The van der Waals surface area contributed by atoms with E-state index in [4.69, 9.17) is 16.3 Å². The molecule has 6 nitrogen and oxygen atoms in total. The molecule has 1 unspecified atom stereocenters. The number of hydrogen-bond donors (Lipinski definition) is 1. The van der Waals surface area contributed by atoms with Gasteiger partial charge in [0.1, 0.15) is 0 Å². The lowest BCUT2D eigenvalue weighted by atomic mass is 9.92. The third kappa shape index (κ3) is 4.54. The van der Waals surface area contributed by atoms with Gasteiger partial charge in [-0.05, 0) is 53.4 Å². The van der Waals surface area contributed by atoms with Crippen LogP contribution < -0.4 is 10.2 Å². The summed E-state index contributed by atoms with van der Waals surface area (Å²) in [6.07, 6.45) is 0.798. The number of amides is 2. The van der Waals surface area contributed by atoms with Crippen molar-refractivity contribution < 1.29 is 14.3 Å². The highest BCUT2D eigenvalue weighted by atomic mass is 35.5. The molecule has 1 spiro atoms. The van der Waals surface area contributed by atoms with Crippen LogP contribution in [-0.2, 0) is 21.5 Å². The van der Waals surface area contributed by atoms with Crippen LogP contribution in [0.1, 0.15) is 39.4 Å². The molecule has 2 atom stereocenters. The van der Waals surface area contributed by atoms with E-state index in [0.717, 1.165) is 61.6 Å². The first kappa shape index (κ1) is 24.2.